The highest BCUT2D eigenvalue weighted by Crippen LogP contribution is 2.33. The zero-order valence-electron chi connectivity index (χ0n) is 22.1. The zero-order valence-corrected chi connectivity index (χ0v) is 23.6. The van der Waals surface area contributed by atoms with Gasteiger partial charge in [-0.05, 0) is 98.7 Å². The molecule has 198 valence electrons. The highest BCUT2D eigenvalue weighted by molar-refractivity contribution is 7.08. The first kappa shape index (κ1) is 33.4. The standard InChI is InChI=1S/C13H13F3O.C10H14S.C6H9ClO/c1-4-10(11-5-6-17-8-11)7-12(9(2)3)13(14,15)16;1-3-5-9(4-2)10-6-7-11-8-10;1-4(5(2)7)6(3)8/h4-8H,2H2,1,3H3;5-8H,3-4H2,1-2H3;1-3H3/b10-4+,12-7+;9-5+;5-4-. The number of allylic oxidation sites excluding steroid dienone is 9. The lowest BCUT2D eigenvalue weighted by Gasteiger charge is -2.12. The van der Waals surface area contributed by atoms with Crippen molar-refractivity contribution in [3.8, 4) is 0 Å². The van der Waals surface area contributed by atoms with Gasteiger partial charge in [-0.1, -0.05) is 44.2 Å². The molecule has 2 rings (SSSR count). The number of Topliss-reactive ketones (excluding diaryl/α,β-unsaturated/α-hetero) is 1. The maximum atomic E-state index is 12.7. The van der Waals surface area contributed by atoms with Gasteiger partial charge >= 0.3 is 6.18 Å². The largest absolute Gasteiger partial charge is 0.472 e. The summed E-state index contributed by atoms with van der Waals surface area (Å²) in [4.78, 5) is 10.4. The van der Waals surface area contributed by atoms with Crippen molar-refractivity contribution in [2.24, 2.45) is 0 Å². The quantitative estimate of drug-likeness (QED) is 0.258. The van der Waals surface area contributed by atoms with Crippen molar-refractivity contribution in [3.63, 3.8) is 0 Å². The summed E-state index contributed by atoms with van der Waals surface area (Å²) in [5.74, 6) is 0.0394. The maximum Gasteiger partial charge on any atom is 0.416 e. The summed E-state index contributed by atoms with van der Waals surface area (Å²) in [6.07, 6.45) is 5.68. The molecule has 0 aromatic carbocycles. The van der Waals surface area contributed by atoms with Crippen molar-refractivity contribution >= 4 is 39.9 Å². The highest BCUT2D eigenvalue weighted by atomic mass is 35.5. The molecular formula is C29H36ClF3O2S. The molecule has 0 saturated carbocycles. The Morgan fingerprint density at radius 3 is 2.08 bits per heavy atom. The third-order valence-electron chi connectivity index (χ3n) is 5.00. The van der Waals surface area contributed by atoms with Crippen molar-refractivity contribution in [1.29, 1.82) is 0 Å². The Morgan fingerprint density at radius 2 is 1.78 bits per heavy atom. The fourth-order valence-electron chi connectivity index (χ4n) is 2.77. The second-order valence-corrected chi connectivity index (χ2v) is 9.16. The number of furan rings is 1. The van der Waals surface area contributed by atoms with Gasteiger partial charge in [0.2, 0.25) is 0 Å². The molecule has 0 fully saturated rings. The first-order valence-electron chi connectivity index (χ1n) is 11.5. The second-order valence-electron chi connectivity index (χ2n) is 7.81. The number of ketones is 1. The van der Waals surface area contributed by atoms with Crippen LogP contribution in [0.2, 0.25) is 0 Å². The summed E-state index contributed by atoms with van der Waals surface area (Å²) in [6, 6.07) is 3.80. The molecular weight excluding hydrogens is 505 g/mol. The van der Waals surface area contributed by atoms with Crippen LogP contribution in [0, 0.1) is 0 Å². The van der Waals surface area contributed by atoms with Crippen LogP contribution in [-0.4, -0.2) is 12.0 Å². The minimum absolute atomic E-state index is 0.0136. The predicted molar refractivity (Wildman–Crippen MR) is 149 cm³/mol. The van der Waals surface area contributed by atoms with E-state index >= 15 is 0 Å². The van der Waals surface area contributed by atoms with Crippen molar-refractivity contribution < 1.29 is 22.4 Å². The first-order valence-corrected chi connectivity index (χ1v) is 12.8. The molecule has 2 heterocycles. The molecule has 0 aliphatic carbocycles. The SMILES string of the molecule is C=C(C)/C(=C\C(=C/C)c1ccoc1)C(F)(F)F.CC(=O)/C(C)=C(/C)Cl.CC/C=C(\CC)c1ccsc1. The summed E-state index contributed by atoms with van der Waals surface area (Å²) in [5, 5.41) is 4.93. The van der Waals surface area contributed by atoms with Crippen LogP contribution < -0.4 is 0 Å². The van der Waals surface area contributed by atoms with Gasteiger partial charge in [-0.3, -0.25) is 4.79 Å². The van der Waals surface area contributed by atoms with Crippen molar-refractivity contribution in [2.75, 3.05) is 0 Å². The maximum absolute atomic E-state index is 12.7. The van der Waals surface area contributed by atoms with Crippen LogP contribution in [0.15, 0.2) is 86.4 Å². The molecule has 0 aliphatic rings. The predicted octanol–water partition coefficient (Wildman–Crippen LogP) is 10.8. The van der Waals surface area contributed by atoms with E-state index in [4.69, 9.17) is 16.0 Å². The fraction of sp³-hybridized carbons (Fsp3) is 0.345. The van der Waals surface area contributed by atoms with Crippen LogP contribution in [0.4, 0.5) is 13.2 Å². The van der Waals surface area contributed by atoms with Crippen molar-refractivity contribution in [1.82, 2.24) is 0 Å². The van der Waals surface area contributed by atoms with Gasteiger partial charge in [0.25, 0.3) is 0 Å². The first-order chi connectivity index (χ1) is 16.8. The van der Waals surface area contributed by atoms with Gasteiger partial charge in [-0.25, -0.2) is 0 Å². The van der Waals surface area contributed by atoms with E-state index in [1.807, 2.05) is 0 Å². The number of alkyl halides is 3. The lowest BCUT2D eigenvalue weighted by atomic mass is 10.0. The number of hydrogen-bond acceptors (Lipinski definition) is 3. The topological polar surface area (TPSA) is 30.2 Å². The molecule has 2 aromatic rings. The third kappa shape index (κ3) is 12.4. The molecule has 0 spiro atoms. The van der Waals surface area contributed by atoms with E-state index in [-0.39, 0.29) is 11.4 Å². The molecule has 0 aliphatic heterocycles. The van der Waals surface area contributed by atoms with Crippen LogP contribution in [0.5, 0.6) is 0 Å². The zero-order chi connectivity index (χ0) is 27.9. The van der Waals surface area contributed by atoms with Gasteiger partial charge in [0.05, 0.1) is 18.1 Å². The minimum Gasteiger partial charge on any atom is -0.472 e. The summed E-state index contributed by atoms with van der Waals surface area (Å²) in [5.41, 5.74) is 3.84. The van der Waals surface area contributed by atoms with Crippen LogP contribution in [0.1, 0.15) is 72.4 Å². The molecule has 0 saturated heterocycles. The summed E-state index contributed by atoms with van der Waals surface area (Å²) < 4.78 is 43.0. The number of hydrogen-bond donors (Lipinski definition) is 0. The van der Waals surface area contributed by atoms with Crippen LogP contribution in [0.3, 0.4) is 0 Å². The van der Waals surface area contributed by atoms with E-state index in [2.05, 4.69) is 43.3 Å². The smallest absolute Gasteiger partial charge is 0.416 e. The molecule has 0 unspecified atom stereocenters. The Kier molecular flexibility index (Phi) is 15.8. The molecule has 0 radical (unpaired) electrons. The van der Waals surface area contributed by atoms with Gasteiger partial charge in [0.1, 0.15) is 0 Å². The van der Waals surface area contributed by atoms with E-state index in [0.29, 0.717) is 21.7 Å². The van der Waals surface area contributed by atoms with Crippen molar-refractivity contribution in [2.45, 2.75) is 67.5 Å². The molecule has 0 atom stereocenters. The lowest BCUT2D eigenvalue weighted by molar-refractivity contribution is -0.113. The fourth-order valence-corrected chi connectivity index (χ4v) is 3.58. The number of thiophene rings is 1. The second kappa shape index (κ2) is 17.0. The van der Waals surface area contributed by atoms with E-state index in [9.17, 15) is 18.0 Å². The van der Waals surface area contributed by atoms with Gasteiger partial charge < -0.3 is 4.42 Å². The Hall–Kier alpha value is -2.57. The molecule has 0 amide bonds. The van der Waals surface area contributed by atoms with Crippen molar-refractivity contribution in [3.05, 3.63) is 93.1 Å². The molecule has 36 heavy (non-hydrogen) atoms. The normalized spacial score (nSPS) is 13.1. The van der Waals surface area contributed by atoms with E-state index < -0.39 is 11.7 Å². The monoisotopic (exact) mass is 540 g/mol. The van der Waals surface area contributed by atoms with Gasteiger partial charge in [-0.15, -0.1) is 0 Å². The van der Waals surface area contributed by atoms with Gasteiger partial charge in [-0.2, -0.15) is 24.5 Å². The Labute approximate surface area is 222 Å². The third-order valence-corrected chi connectivity index (χ3v) is 5.97. The lowest BCUT2D eigenvalue weighted by Crippen LogP contribution is -2.12. The Balaban J connectivity index is 0.000000555. The Morgan fingerprint density at radius 1 is 1.14 bits per heavy atom. The summed E-state index contributed by atoms with van der Waals surface area (Å²) in [7, 11) is 0. The molecule has 0 N–H and O–H groups in total. The van der Waals surface area contributed by atoms with Crippen LogP contribution in [0.25, 0.3) is 11.1 Å². The number of carbonyl (C=O) groups excluding carboxylic acids is 1. The molecule has 7 heteroatoms. The molecule has 0 bridgehead atoms. The number of halogens is 4. The number of rotatable bonds is 7. The Bertz CT molecular complexity index is 1060. The summed E-state index contributed by atoms with van der Waals surface area (Å²) in [6.45, 7) is 15.7. The van der Waals surface area contributed by atoms with Gasteiger partial charge in [0, 0.05) is 16.2 Å². The van der Waals surface area contributed by atoms with Crippen LogP contribution in [-0.2, 0) is 4.79 Å². The number of carbonyl (C=O) groups is 1. The highest BCUT2D eigenvalue weighted by Gasteiger charge is 2.34. The average Bonchev–Trinajstić information content (AvgIpc) is 3.52. The van der Waals surface area contributed by atoms with E-state index in [1.54, 1.807) is 44.3 Å². The van der Waals surface area contributed by atoms with Gasteiger partial charge in [0.15, 0.2) is 5.78 Å². The average molecular weight is 541 g/mol. The molecule has 2 aromatic heterocycles. The molecule has 2 nitrogen and oxygen atoms in total. The van der Waals surface area contributed by atoms with E-state index in [1.165, 1.54) is 37.5 Å². The minimum atomic E-state index is -4.40. The van der Waals surface area contributed by atoms with Crippen LogP contribution >= 0.6 is 22.9 Å². The van der Waals surface area contributed by atoms with E-state index in [0.717, 1.165) is 18.9 Å². The summed E-state index contributed by atoms with van der Waals surface area (Å²) >= 11 is 7.25.